The number of hydrogen-bond acceptors (Lipinski definition) is 3. The lowest BCUT2D eigenvalue weighted by Gasteiger charge is -1.82. The van der Waals surface area contributed by atoms with Crippen LogP contribution in [0.1, 0.15) is 0 Å². The number of fused-ring (bicyclic) bond motifs is 1. The third-order valence-electron chi connectivity index (χ3n) is 1.51. The van der Waals surface area contributed by atoms with Crippen LogP contribution in [0.5, 0.6) is 0 Å². The van der Waals surface area contributed by atoms with E-state index in [9.17, 15) is 4.79 Å². The highest BCUT2D eigenvalue weighted by Crippen LogP contribution is 1.97. The van der Waals surface area contributed by atoms with E-state index in [-0.39, 0.29) is 5.56 Å². The first-order valence-corrected chi connectivity index (χ1v) is 3.14. The zero-order valence-corrected chi connectivity index (χ0v) is 5.90. The minimum Gasteiger partial charge on any atom is -0.292 e. The average Bonchev–Trinajstić information content (AvgIpc) is 2.30. The minimum absolute atomic E-state index is 0.123. The van der Waals surface area contributed by atoms with E-state index < -0.39 is 0 Å². The van der Waals surface area contributed by atoms with Crippen LogP contribution in [-0.2, 0) is 7.05 Å². The summed E-state index contributed by atoms with van der Waals surface area (Å²) in [6.07, 6.45) is 2.93. The molecule has 2 heterocycles. The van der Waals surface area contributed by atoms with Gasteiger partial charge in [0, 0.05) is 7.05 Å². The molecule has 56 valence electrons. The fourth-order valence-corrected chi connectivity index (χ4v) is 0.972. The van der Waals surface area contributed by atoms with Crippen LogP contribution < -0.4 is 5.56 Å². The summed E-state index contributed by atoms with van der Waals surface area (Å²) in [5, 5.41) is 2.81. The van der Waals surface area contributed by atoms with Crippen LogP contribution in [0, 0.1) is 0 Å². The van der Waals surface area contributed by atoms with Crippen molar-refractivity contribution in [3.8, 4) is 0 Å². The van der Waals surface area contributed by atoms with Gasteiger partial charge in [0.2, 0.25) is 0 Å². The van der Waals surface area contributed by atoms with Gasteiger partial charge >= 0.3 is 0 Å². The molecule has 0 aliphatic heterocycles. The van der Waals surface area contributed by atoms with Crippen molar-refractivity contribution < 1.29 is 0 Å². The van der Waals surface area contributed by atoms with E-state index in [1.165, 1.54) is 11.0 Å². The molecule has 0 amide bonds. The zero-order valence-electron chi connectivity index (χ0n) is 5.90. The fraction of sp³-hybridized carbons (Fsp3) is 0.167. The first-order valence-electron chi connectivity index (χ1n) is 3.14. The van der Waals surface area contributed by atoms with Crippen LogP contribution in [-0.4, -0.2) is 19.7 Å². The number of nitrogens with one attached hydrogen (secondary N) is 1. The summed E-state index contributed by atoms with van der Waals surface area (Å²) in [4.78, 5) is 18.8. The second-order valence-electron chi connectivity index (χ2n) is 2.26. The van der Waals surface area contributed by atoms with E-state index in [2.05, 4.69) is 15.1 Å². The Kier molecular flexibility index (Phi) is 1.06. The van der Waals surface area contributed by atoms with Crippen LogP contribution in [0.3, 0.4) is 0 Å². The van der Waals surface area contributed by atoms with E-state index in [4.69, 9.17) is 0 Å². The summed E-state index contributed by atoms with van der Waals surface area (Å²) in [5.41, 5.74) is 0.977. The van der Waals surface area contributed by atoms with Gasteiger partial charge < -0.3 is 0 Å². The molecule has 0 saturated heterocycles. The van der Waals surface area contributed by atoms with E-state index in [0.29, 0.717) is 11.0 Å². The summed E-state index contributed by atoms with van der Waals surface area (Å²) in [5.74, 6) is 0. The molecule has 1 N–H and O–H groups in total. The van der Waals surface area contributed by atoms with Gasteiger partial charge in [0.15, 0.2) is 5.52 Å². The van der Waals surface area contributed by atoms with Gasteiger partial charge in [-0.2, -0.15) is 0 Å². The van der Waals surface area contributed by atoms with E-state index in [0.717, 1.165) is 0 Å². The molecule has 0 fully saturated rings. The molecule has 2 aromatic heterocycles. The molecule has 2 rings (SSSR count). The van der Waals surface area contributed by atoms with Crippen molar-refractivity contribution >= 4 is 11.0 Å². The number of aromatic nitrogens is 4. The summed E-state index contributed by atoms with van der Waals surface area (Å²) in [6, 6.07) is 0. The molecule has 0 spiro atoms. The molecule has 0 aliphatic carbocycles. The predicted octanol–water partition coefficient (Wildman–Crippen LogP) is -0.343. The SMILES string of the molecule is Cn1[nH]c2cncnc2c1=O. The maximum atomic E-state index is 11.2. The first-order chi connectivity index (χ1) is 5.29. The number of rotatable bonds is 0. The molecule has 0 unspecified atom stereocenters. The highest BCUT2D eigenvalue weighted by atomic mass is 16.1. The Morgan fingerprint density at radius 3 is 3.18 bits per heavy atom. The second kappa shape index (κ2) is 1.91. The Morgan fingerprint density at radius 2 is 2.45 bits per heavy atom. The molecule has 0 radical (unpaired) electrons. The van der Waals surface area contributed by atoms with Crippen molar-refractivity contribution in [2.75, 3.05) is 0 Å². The van der Waals surface area contributed by atoms with Crippen molar-refractivity contribution in [2.24, 2.45) is 7.05 Å². The third kappa shape index (κ3) is 0.739. The Hall–Kier alpha value is -1.65. The summed E-state index contributed by atoms with van der Waals surface area (Å²) < 4.78 is 1.37. The number of nitrogens with zero attached hydrogens (tertiary/aromatic N) is 3. The highest BCUT2D eigenvalue weighted by Gasteiger charge is 2.02. The fourth-order valence-electron chi connectivity index (χ4n) is 0.972. The molecule has 2 aromatic rings. The Morgan fingerprint density at radius 1 is 1.64 bits per heavy atom. The molecule has 0 atom stereocenters. The third-order valence-corrected chi connectivity index (χ3v) is 1.51. The lowest BCUT2D eigenvalue weighted by molar-refractivity contribution is 0.750. The van der Waals surface area contributed by atoms with Gasteiger partial charge in [0.05, 0.1) is 6.20 Å². The smallest absolute Gasteiger partial charge is 0.292 e. The largest absolute Gasteiger partial charge is 0.292 e. The summed E-state index contributed by atoms with van der Waals surface area (Å²) in [6.45, 7) is 0. The normalized spacial score (nSPS) is 10.6. The molecule has 5 nitrogen and oxygen atoms in total. The molecule has 11 heavy (non-hydrogen) atoms. The van der Waals surface area contributed by atoms with Gasteiger partial charge in [-0.25, -0.2) is 9.97 Å². The maximum absolute atomic E-state index is 11.2. The number of aromatic amines is 1. The van der Waals surface area contributed by atoms with E-state index in [1.54, 1.807) is 13.2 Å². The molecule has 0 aromatic carbocycles. The Balaban J connectivity index is 3.04. The average molecular weight is 150 g/mol. The highest BCUT2D eigenvalue weighted by molar-refractivity contribution is 5.71. The van der Waals surface area contributed by atoms with Crippen molar-refractivity contribution in [3.05, 3.63) is 22.9 Å². The van der Waals surface area contributed by atoms with E-state index >= 15 is 0 Å². The lowest BCUT2D eigenvalue weighted by atomic mass is 10.5. The molecule has 0 bridgehead atoms. The van der Waals surface area contributed by atoms with Crippen LogP contribution in [0.2, 0.25) is 0 Å². The molecule has 0 saturated carbocycles. The van der Waals surface area contributed by atoms with Crippen LogP contribution in [0.15, 0.2) is 17.3 Å². The van der Waals surface area contributed by atoms with Gasteiger partial charge in [-0.05, 0) is 0 Å². The molecule has 0 aliphatic rings. The lowest BCUT2D eigenvalue weighted by Crippen LogP contribution is -2.11. The van der Waals surface area contributed by atoms with Crippen molar-refractivity contribution in [1.29, 1.82) is 0 Å². The number of H-pyrrole nitrogens is 1. The molecular formula is C6H6N4O. The van der Waals surface area contributed by atoms with Crippen molar-refractivity contribution in [2.45, 2.75) is 0 Å². The topological polar surface area (TPSA) is 63.6 Å². The van der Waals surface area contributed by atoms with Crippen molar-refractivity contribution in [1.82, 2.24) is 19.7 Å². The van der Waals surface area contributed by atoms with Crippen LogP contribution >= 0.6 is 0 Å². The van der Waals surface area contributed by atoms with Gasteiger partial charge in [-0.3, -0.25) is 14.6 Å². The standard InChI is InChI=1S/C6H6N4O/c1-10-6(11)5-4(9-10)2-7-3-8-5/h2-3,9H,1H3. The number of aryl methyl sites for hydroxylation is 1. The quantitative estimate of drug-likeness (QED) is 0.558. The van der Waals surface area contributed by atoms with Gasteiger partial charge in [0.25, 0.3) is 5.56 Å². The van der Waals surface area contributed by atoms with E-state index in [1.807, 2.05) is 0 Å². The van der Waals surface area contributed by atoms with Crippen molar-refractivity contribution in [3.63, 3.8) is 0 Å². The number of hydrogen-bond donors (Lipinski definition) is 1. The Labute approximate surface area is 61.7 Å². The Bertz CT molecular complexity index is 441. The van der Waals surface area contributed by atoms with Crippen LogP contribution in [0.25, 0.3) is 11.0 Å². The van der Waals surface area contributed by atoms with Crippen LogP contribution in [0.4, 0.5) is 0 Å². The summed E-state index contributed by atoms with van der Waals surface area (Å²) in [7, 11) is 1.64. The monoisotopic (exact) mass is 150 g/mol. The molecule has 5 heteroatoms. The van der Waals surface area contributed by atoms with Gasteiger partial charge in [-0.1, -0.05) is 0 Å². The van der Waals surface area contributed by atoms with Gasteiger partial charge in [0.1, 0.15) is 11.8 Å². The van der Waals surface area contributed by atoms with Gasteiger partial charge in [-0.15, -0.1) is 0 Å². The predicted molar refractivity (Wildman–Crippen MR) is 39.1 cm³/mol. The maximum Gasteiger partial charge on any atom is 0.292 e. The summed E-state index contributed by atoms with van der Waals surface area (Å²) >= 11 is 0. The second-order valence-corrected chi connectivity index (χ2v) is 2.26. The molecular weight excluding hydrogens is 144 g/mol. The first kappa shape index (κ1) is 6.09. The zero-order chi connectivity index (χ0) is 7.84. The minimum atomic E-state index is -0.123.